The number of rotatable bonds is 4. The normalized spacial score (nSPS) is 34.3. The van der Waals surface area contributed by atoms with Gasteiger partial charge < -0.3 is 43.6 Å². The van der Waals surface area contributed by atoms with E-state index < -0.39 is 30.5 Å². The maximum absolute atomic E-state index is 15.2. The zero-order valence-electron chi connectivity index (χ0n) is 30.9. The quantitative estimate of drug-likeness (QED) is 0.386. The summed E-state index contributed by atoms with van der Waals surface area (Å²) in [6.45, 7) is 17.5. The van der Waals surface area contributed by atoms with Crippen molar-refractivity contribution in [3.05, 3.63) is 0 Å². The molecule has 13 heteroatoms. The van der Waals surface area contributed by atoms with Crippen molar-refractivity contribution in [2.24, 2.45) is 0 Å². The Labute approximate surface area is 294 Å². The fourth-order valence-corrected chi connectivity index (χ4v) is 11.8. The second-order valence-corrected chi connectivity index (χ2v) is 22.9. The van der Waals surface area contributed by atoms with Crippen LogP contribution in [0.1, 0.15) is 97.8 Å². The van der Waals surface area contributed by atoms with Gasteiger partial charge in [0.25, 0.3) is 0 Å². The van der Waals surface area contributed by atoms with Crippen LogP contribution in [-0.2, 0) is 23.4 Å². The number of ether oxygens (including phenoxy) is 4. The van der Waals surface area contributed by atoms with E-state index in [1.165, 1.54) is 0 Å². The lowest BCUT2D eigenvalue weighted by Gasteiger charge is -2.62. The zero-order chi connectivity index (χ0) is 34.7. The van der Waals surface area contributed by atoms with Crippen LogP contribution in [0.5, 0.6) is 0 Å². The number of hydroxylamine groups is 4. The van der Waals surface area contributed by atoms with E-state index in [1.807, 2.05) is 0 Å². The van der Waals surface area contributed by atoms with Crippen LogP contribution in [0.4, 0.5) is 4.79 Å². The molecule has 0 radical (unpaired) electrons. The third-order valence-electron chi connectivity index (χ3n) is 14.4. The number of carbonyl (C=O) groups excluding carboxylic acids is 1. The average molecular weight is 709 g/mol. The topological polar surface area (TPSA) is 117 Å². The summed E-state index contributed by atoms with van der Waals surface area (Å²) in [6.07, 6.45) is 8.79. The molecule has 0 atom stereocenters. The second-order valence-electron chi connectivity index (χ2n) is 18.2. The first-order valence-corrected chi connectivity index (χ1v) is 22.2. The van der Waals surface area contributed by atoms with Crippen molar-refractivity contribution in [3.8, 4) is 0 Å². The van der Waals surface area contributed by atoms with Crippen LogP contribution in [0.3, 0.4) is 0 Å². The van der Waals surface area contributed by atoms with E-state index in [9.17, 15) is 10.4 Å². The maximum Gasteiger partial charge on any atom is 0.320 e. The predicted octanol–water partition coefficient (Wildman–Crippen LogP) is 5.02. The van der Waals surface area contributed by atoms with Crippen LogP contribution in [0.25, 0.3) is 0 Å². The standard InChI is InChI=1S/C36H64N4O8Si/c1-32(2,3)49(4,5)48-30-26-37(28-22-33(6-14-44-15-7-33)39(42)34(23-28)8-16-45-17-9-34)31(41)38(27-30)29-24-35(10-18-46-19-11-35)40(43)36(25-29)12-20-47-21-13-36/h28-30,42-43H,6-27H2,1-5H3. The van der Waals surface area contributed by atoms with Gasteiger partial charge in [-0.3, -0.25) is 0 Å². The van der Waals surface area contributed by atoms with Gasteiger partial charge in [0.1, 0.15) is 0 Å². The molecule has 0 aromatic carbocycles. The van der Waals surface area contributed by atoms with E-state index in [4.69, 9.17) is 23.4 Å². The fourth-order valence-electron chi connectivity index (χ4n) is 10.5. The van der Waals surface area contributed by atoms with Gasteiger partial charge in [-0.05, 0) is 95.2 Å². The van der Waals surface area contributed by atoms with Crippen molar-refractivity contribution in [3.63, 3.8) is 0 Å². The molecule has 7 saturated heterocycles. The van der Waals surface area contributed by atoms with Gasteiger partial charge in [0.05, 0.1) is 28.3 Å². The largest absolute Gasteiger partial charge is 0.410 e. The van der Waals surface area contributed by atoms with Crippen LogP contribution in [0, 0.1) is 0 Å². The average Bonchev–Trinajstić information content (AvgIpc) is 3.08. The molecule has 7 aliphatic heterocycles. The minimum absolute atomic E-state index is 0.0329. The highest BCUT2D eigenvalue weighted by atomic mass is 28.4. The summed E-state index contributed by atoms with van der Waals surface area (Å²) in [6, 6.07) is 0.0246. The van der Waals surface area contributed by atoms with E-state index in [1.54, 1.807) is 10.1 Å². The zero-order valence-corrected chi connectivity index (χ0v) is 31.9. The van der Waals surface area contributed by atoms with Crippen LogP contribution in [-0.4, -0.2) is 151 Å². The minimum atomic E-state index is -2.18. The molecule has 0 aromatic heterocycles. The van der Waals surface area contributed by atoms with Gasteiger partial charge in [-0.15, -0.1) is 0 Å². The third kappa shape index (κ3) is 6.54. The third-order valence-corrected chi connectivity index (χ3v) is 18.9. The van der Waals surface area contributed by atoms with E-state index in [2.05, 4.69) is 43.7 Å². The SMILES string of the molecule is CC(C)(C)[Si](C)(C)OC1CN(C2CC3(CCOCC3)N(O)C3(CCOCC3)C2)C(=O)N(C2CC3(CCOCC3)N(O)C3(CCOCC3)C2)C1. The van der Waals surface area contributed by atoms with Gasteiger partial charge in [0, 0.05) is 78.0 Å². The van der Waals surface area contributed by atoms with Gasteiger partial charge in [0.15, 0.2) is 8.32 Å². The number of amides is 2. The first-order valence-electron chi connectivity index (χ1n) is 19.3. The molecular formula is C36H64N4O8Si. The summed E-state index contributed by atoms with van der Waals surface area (Å²) in [4.78, 5) is 19.6. The van der Waals surface area contributed by atoms with E-state index in [-0.39, 0.29) is 29.3 Å². The van der Waals surface area contributed by atoms with E-state index in [0.29, 0.717) is 65.9 Å². The van der Waals surface area contributed by atoms with Crippen molar-refractivity contribution in [2.45, 2.75) is 156 Å². The molecule has 7 aliphatic rings. The maximum atomic E-state index is 15.2. The molecule has 4 spiro atoms. The predicted molar refractivity (Wildman–Crippen MR) is 185 cm³/mol. The Bertz CT molecular complexity index is 1050. The molecule has 7 rings (SSSR count). The van der Waals surface area contributed by atoms with Crippen LogP contribution in [0.15, 0.2) is 0 Å². The Balaban J connectivity index is 1.25. The summed E-state index contributed by atoms with van der Waals surface area (Å²) >= 11 is 0. The van der Waals surface area contributed by atoms with Gasteiger partial charge in [-0.1, -0.05) is 20.8 Å². The molecule has 0 aromatic rings. The minimum Gasteiger partial charge on any atom is -0.410 e. The first kappa shape index (κ1) is 36.5. The Hall–Kier alpha value is -0.873. The number of piperidine rings is 2. The lowest BCUT2D eigenvalue weighted by Crippen LogP contribution is -2.74. The summed E-state index contributed by atoms with van der Waals surface area (Å²) in [5, 5.41) is 27.6. The van der Waals surface area contributed by atoms with Gasteiger partial charge >= 0.3 is 6.03 Å². The van der Waals surface area contributed by atoms with Crippen molar-refractivity contribution in [2.75, 3.05) is 65.9 Å². The summed E-state index contributed by atoms with van der Waals surface area (Å²) in [5.41, 5.74) is -1.73. The first-order chi connectivity index (χ1) is 23.2. The van der Waals surface area contributed by atoms with Crippen molar-refractivity contribution >= 4 is 14.3 Å². The molecule has 49 heavy (non-hydrogen) atoms. The number of hydrogen-bond acceptors (Lipinski definition) is 10. The monoisotopic (exact) mass is 708 g/mol. The number of nitrogens with zero attached hydrogens (tertiary/aromatic N) is 4. The lowest BCUT2D eigenvalue weighted by atomic mass is 9.68. The van der Waals surface area contributed by atoms with Gasteiger partial charge in [-0.25, -0.2) is 4.79 Å². The summed E-state index contributed by atoms with van der Waals surface area (Å²) < 4.78 is 30.6. The van der Waals surface area contributed by atoms with E-state index >= 15 is 4.79 Å². The number of urea groups is 1. The molecular weight excluding hydrogens is 645 g/mol. The number of carbonyl (C=O) groups is 1. The highest BCUT2D eigenvalue weighted by Gasteiger charge is 2.60. The van der Waals surface area contributed by atoms with Crippen molar-refractivity contribution in [1.82, 2.24) is 19.9 Å². The summed E-state index contributed by atoms with van der Waals surface area (Å²) in [7, 11) is -2.18. The van der Waals surface area contributed by atoms with Crippen molar-refractivity contribution in [1.29, 1.82) is 0 Å². The molecule has 0 saturated carbocycles. The second kappa shape index (κ2) is 13.5. The molecule has 7 fully saturated rings. The van der Waals surface area contributed by atoms with Gasteiger partial charge in [-0.2, -0.15) is 10.1 Å². The molecule has 2 amide bonds. The molecule has 2 N–H and O–H groups in total. The smallest absolute Gasteiger partial charge is 0.320 e. The Kier molecular flexibility index (Phi) is 10.1. The lowest BCUT2D eigenvalue weighted by molar-refractivity contribution is -0.301. The Morgan fingerprint density at radius 2 is 0.898 bits per heavy atom. The fraction of sp³-hybridized carbons (Fsp3) is 0.972. The van der Waals surface area contributed by atoms with Crippen LogP contribution >= 0.6 is 0 Å². The van der Waals surface area contributed by atoms with E-state index in [0.717, 1.165) is 77.0 Å². The highest BCUT2D eigenvalue weighted by molar-refractivity contribution is 6.74. The van der Waals surface area contributed by atoms with Crippen LogP contribution < -0.4 is 0 Å². The Morgan fingerprint density at radius 3 is 1.16 bits per heavy atom. The molecule has 0 aliphatic carbocycles. The van der Waals surface area contributed by atoms with Gasteiger partial charge in [0.2, 0.25) is 0 Å². The highest BCUT2D eigenvalue weighted by Crippen LogP contribution is 2.51. The van der Waals surface area contributed by atoms with Crippen molar-refractivity contribution < 1.29 is 38.6 Å². The molecule has 0 bridgehead atoms. The molecule has 7 heterocycles. The molecule has 280 valence electrons. The summed E-state index contributed by atoms with van der Waals surface area (Å²) in [5.74, 6) is 0. The molecule has 12 nitrogen and oxygen atoms in total. The molecule has 0 unspecified atom stereocenters. The number of hydrogen-bond donors (Lipinski definition) is 2. The Morgan fingerprint density at radius 1 is 0.612 bits per heavy atom. The van der Waals surface area contributed by atoms with Crippen LogP contribution in [0.2, 0.25) is 18.1 Å².